The number of hydrogen-bond donors (Lipinski definition) is 2. The number of amides is 1. The van der Waals surface area contributed by atoms with Crippen LogP contribution in [0.15, 0.2) is 12.4 Å². The highest BCUT2D eigenvalue weighted by Gasteiger charge is 2.19. The first-order valence-electron chi connectivity index (χ1n) is 5.70. The Morgan fingerprint density at radius 2 is 2.44 bits per heavy atom. The van der Waals surface area contributed by atoms with E-state index in [-0.39, 0.29) is 10.9 Å². The van der Waals surface area contributed by atoms with Crippen LogP contribution in [0.3, 0.4) is 0 Å². The molecule has 18 heavy (non-hydrogen) atoms. The molecule has 6 nitrogen and oxygen atoms in total. The highest BCUT2D eigenvalue weighted by molar-refractivity contribution is 7.80. The van der Waals surface area contributed by atoms with Crippen molar-refractivity contribution in [2.75, 3.05) is 19.0 Å². The molecule has 0 aliphatic carbocycles. The Balaban J connectivity index is 2.58. The van der Waals surface area contributed by atoms with Crippen LogP contribution in [0.2, 0.25) is 0 Å². The number of nitrogens with zero attached hydrogens (tertiary/aromatic N) is 2. The summed E-state index contributed by atoms with van der Waals surface area (Å²) < 4.78 is 6.64. The van der Waals surface area contributed by atoms with Gasteiger partial charge in [-0.05, 0) is 6.42 Å². The summed E-state index contributed by atoms with van der Waals surface area (Å²) in [6.07, 6.45) is 3.90. The van der Waals surface area contributed by atoms with E-state index in [2.05, 4.69) is 10.4 Å². The Morgan fingerprint density at radius 3 is 3.00 bits per heavy atom. The number of carbonyl (C=O) groups excluding carboxylic acids is 1. The molecule has 1 unspecified atom stereocenters. The number of methoxy groups -OCH3 is 1. The average Bonchev–Trinajstić information content (AvgIpc) is 2.74. The molecule has 0 aliphatic heterocycles. The van der Waals surface area contributed by atoms with E-state index in [1.54, 1.807) is 24.2 Å². The molecule has 0 fully saturated rings. The van der Waals surface area contributed by atoms with Gasteiger partial charge in [-0.15, -0.1) is 0 Å². The first-order valence-corrected chi connectivity index (χ1v) is 6.10. The van der Waals surface area contributed by atoms with Crippen molar-refractivity contribution in [1.82, 2.24) is 9.78 Å². The summed E-state index contributed by atoms with van der Waals surface area (Å²) in [6.45, 7) is 3.07. The molecule has 1 aromatic heterocycles. The minimum absolute atomic E-state index is 0.198. The van der Waals surface area contributed by atoms with Gasteiger partial charge in [0, 0.05) is 13.3 Å². The van der Waals surface area contributed by atoms with Gasteiger partial charge in [0.15, 0.2) is 0 Å². The number of thiocarbonyl (C=S) groups is 1. The third-order valence-corrected chi connectivity index (χ3v) is 2.78. The minimum Gasteiger partial charge on any atom is -0.393 e. The number of ether oxygens (including phenoxy) is 1. The molecule has 0 bridgehead atoms. The Hall–Kier alpha value is -1.47. The average molecular weight is 270 g/mol. The van der Waals surface area contributed by atoms with Crippen LogP contribution in [-0.2, 0) is 16.1 Å². The largest absolute Gasteiger partial charge is 0.393 e. The molecular weight excluding hydrogens is 252 g/mol. The standard InChI is InChI=1S/C11H18N4O2S/c1-3-9(10(12)18)11(16)14-8-6-13-15(7-8)4-5-17-2/h6-7,9H,3-5H2,1-2H3,(H2,12,18)(H,14,16). The summed E-state index contributed by atoms with van der Waals surface area (Å²) in [5.41, 5.74) is 6.14. The molecule has 1 heterocycles. The smallest absolute Gasteiger partial charge is 0.234 e. The van der Waals surface area contributed by atoms with Crippen LogP contribution >= 0.6 is 12.2 Å². The molecule has 1 amide bonds. The Morgan fingerprint density at radius 1 is 1.72 bits per heavy atom. The molecule has 0 saturated carbocycles. The molecule has 100 valence electrons. The van der Waals surface area contributed by atoms with Gasteiger partial charge in [0.2, 0.25) is 5.91 Å². The molecule has 1 atom stereocenters. The third kappa shape index (κ3) is 4.08. The van der Waals surface area contributed by atoms with Crippen molar-refractivity contribution in [2.45, 2.75) is 19.9 Å². The lowest BCUT2D eigenvalue weighted by molar-refractivity contribution is -0.118. The second-order valence-electron chi connectivity index (χ2n) is 3.84. The molecular formula is C11H18N4O2S. The highest BCUT2D eigenvalue weighted by atomic mass is 32.1. The quantitative estimate of drug-likeness (QED) is 0.716. The van der Waals surface area contributed by atoms with Crippen LogP contribution in [0.1, 0.15) is 13.3 Å². The zero-order valence-corrected chi connectivity index (χ0v) is 11.4. The number of nitrogens with two attached hydrogens (primary N) is 1. The molecule has 7 heteroatoms. The second kappa shape index (κ2) is 7.07. The number of anilines is 1. The molecule has 0 radical (unpaired) electrons. The molecule has 1 aromatic rings. The fraction of sp³-hybridized carbons (Fsp3) is 0.545. The zero-order valence-electron chi connectivity index (χ0n) is 10.5. The Labute approximate surface area is 111 Å². The van der Waals surface area contributed by atoms with Crippen LogP contribution in [0.25, 0.3) is 0 Å². The summed E-state index contributed by atoms with van der Waals surface area (Å²) in [7, 11) is 1.63. The first kappa shape index (κ1) is 14.6. The van der Waals surface area contributed by atoms with Crippen molar-refractivity contribution in [1.29, 1.82) is 0 Å². The van der Waals surface area contributed by atoms with Crippen molar-refractivity contribution in [2.24, 2.45) is 11.7 Å². The highest BCUT2D eigenvalue weighted by Crippen LogP contribution is 2.10. The molecule has 0 saturated heterocycles. The minimum atomic E-state index is -0.442. The Kier molecular flexibility index (Phi) is 5.73. The maximum absolute atomic E-state index is 11.9. The first-order chi connectivity index (χ1) is 8.58. The van der Waals surface area contributed by atoms with Crippen LogP contribution in [0.5, 0.6) is 0 Å². The molecule has 0 aliphatic rings. The molecule has 3 N–H and O–H groups in total. The van der Waals surface area contributed by atoms with Crippen molar-refractivity contribution in [3.63, 3.8) is 0 Å². The van der Waals surface area contributed by atoms with Gasteiger partial charge < -0.3 is 15.8 Å². The van der Waals surface area contributed by atoms with E-state index >= 15 is 0 Å². The molecule has 0 aromatic carbocycles. The van der Waals surface area contributed by atoms with E-state index in [1.165, 1.54) is 0 Å². The lowest BCUT2D eigenvalue weighted by Crippen LogP contribution is -2.32. The normalized spacial score (nSPS) is 12.1. The maximum atomic E-state index is 11.9. The lowest BCUT2D eigenvalue weighted by Gasteiger charge is -2.11. The summed E-state index contributed by atoms with van der Waals surface area (Å²) in [6, 6.07) is 0. The molecule has 0 spiro atoms. The fourth-order valence-electron chi connectivity index (χ4n) is 1.48. The van der Waals surface area contributed by atoms with Gasteiger partial charge in [-0.1, -0.05) is 19.1 Å². The van der Waals surface area contributed by atoms with Crippen molar-refractivity contribution in [3.8, 4) is 0 Å². The lowest BCUT2D eigenvalue weighted by atomic mass is 10.1. The van der Waals surface area contributed by atoms with Crippen molar-refractivity contribution < 1.29 is 9.53 Å². The fourth-order valence-corrected chi connectivity index (χ4v) is 1.75. The summed E-state index contributed by atoms with van der Waals surface area (Å²) in [4.78, 5) is 12.1. The number of rotatable bonds is 7. The van der Waals surface area contributed by atoms with Gasteiger partial charge in [-0.3, -0.25) is 9.48 Å². The summed E-state index contributed by atoms with van der Waals surface area (Å²) >= 11 is 4.85. The van der Waals surface area contributed by atoms with E-state index in [9.17, 15) is 4.79 Å². The predicted molar refractivity (Wildman–Crippen MR) is 73.3 cm³/mol. The van der Waals surface area contributed by atoms with Gasteiger partial charge in [0.1, 0.15) is 0 Å². The van der Waals surface area contributed by atoms with Crippen molar-refractivity contribution in [3.05, 3.63) is 12.4 Å². The van der Waals surface area contributed by atoms with Gasteiger partial charge in [-0.25, -0.2) is 0 Å². The van der Waals surface area contributed by atoms with E-state index in [0.717, 1.165) is 0 Å². The van der Waals surface area contributed by atoms with Crippen LogP contribution in [0, 0.1) is 5.92 Å². The summed E-state index contributed by atoms with van der Waals surface area (Å²) in [5, 5.41) is 6.84. The van der Waals surface area contributed by atoms with Crippen LogP contribution in [0.4, 0.5) is 5.69 Å². The molecule has 1 rings (SSSR count). The number of hydrogen-bond acceptors (Lipinski definition) is 4. The van der Waals surface area contributed by atoms with Crippen LogP contribution in [-0.4, -0.2) is 34.4 Å². The SMILES string of the molecule is CCC(C(=O)Nc1cnn(CCOC)c1)C(N)=S. The van der Waals surface area contributed by atoms with Crippen LogP contribution < -0.4 is 11.1 Å². The van der Waals surface area contributed by atoms with E-state index in [1.807, 2.05) is 6.92 Å². The van der Waals surface area contributed by atoms with Gasteiger partial charge in [0.25, 0.3) is 0 Å². The van der Waals surface area contributed by atoms with E-state index < -0.39 is 5.92 Å². The van der Waals surface area contributed by atoms with E-state index in [4.69, 9.17) is 22.7 Å². The Bertz CT molecular complexity index is 419. The van der Waals surface area contributed by atoms with E-state index in [0.29, 0.717) is 25.3 Å². The van der Waals surface area contributed by atoms with Crippen molar-refractivity contribution >= 4 is 28.8 Å². The number of aromatic nitrogens is 2. The number of nitrogens with one attached hydrogen (secondary N) is 1. The monoisotopic (exact) mass is 270 g/mol. The second-order valence-corrected chi connectivity index (χ2v) is 4.31. The zero-order chi connectivity index (χ0) is 13.5. The number of carbonyl (C=O) groups is 1. The summed E-state index contributed by atoms with van der Waals surface area (Å²) in [5.74, 6) is -0.640. The van der Waals surface area contributed by atoms with Gasteiger partial charge >= 0.3 is 0 Å². The maximum Gasteiger partial charge on any atom is 0.234 e. The predicted octanol–water partition coefficient (Wildman–Crippen LogP) is 0.780. The third-order valence-electron chi connectivity index (χ3n) is 2.49. The van der Waals surface area contributed by atoms with Gasteiger partial charge in [-0.2, -0.15) is 5.10 Å². The van der Waals surface area contributed by atoms with Gasteiger partial charge in [0.05, 0.1) is 35.9 Å². The topological polar surface area (TPSA) is 82.2 Å².